The molecule has 0 unspecified atom stereocenters. The number of nitrogens with zero attached hydrogens (tertiary/aromatic N) is 2. The van der Waals surface area contributed by atoms with E-state index in [4.69, 9.17) is 23.2 Å². The Labute approximate surface area is 139 Å². The van der Waals surface area contributed by atoms with Crippen LogP contribution in [0.25, 0.3) is 6.08 Å². The summed E-state index contributed by atoms with van der Waals surface area (Å²) in [6.45, 7) is 3.95. The fourth-order valence-corrected chi connectivity index (χ4v) is 2.74. The van der Waals surface area contributed by atoms with Gasteiger partial charge in [-0.05, 0) is 49.8 Å². The van der Waals surface area contributed by atoms with Crippen molar-refractivity contribution in [2.24, 2.45) is 9.98 Å². The van der Waals surface area contributed by atoms with E-state index >= 15 is 0 Å². The number of halogens is 2. The highest BCUT2D eigenvalue weighted by Crippen LogP contribution is 2.34. The molecule has 2 aromatic carbocycles. The second kappa shape index (κ2) is 6.07. The monoisotopic (exact) mass is 328 g/mol. The van der Waals surface area contributed by atoms with Crippen LogP contribution in [0.4, 0.5) is 11.4 Å². The molecule has 3 rings (SSSR count). The van der Waals surface area contributed by atoms with Crippen molar-refractivity contribution in [2.45, 2.75) is 13.8 Å². The Morgan fingerprint density at radius 3 is 2.27 bits per heavy atom. The highest BCUT2D eigenvalue weighted by molar-refractivity contribution is 6.33. The lowest BCUT2D eigenvalue weighted by Gasteiger charge is -2.06. The molecule has 0 aromatic heterocycles. The quantitative estimate of drug-likeness (QED) is 0.588. The summed E-state index contributed by atoms with van der Waals surface area (Å²) in [6, 6.07) is 13.3. The van der Waals surface area contributed by atoms with Gasteiger partial charge in [-0.2, -0.15) is 0 Å². The Bertz CT molecular complexity index is 833. The van der Waals surface area contributed by atoms with Crippen LogP contribution in [-0.2, 0) is 0 Å². The lowest BCUT2D eigenvalue weighted by atomic mass is 10.0. The van der Waals surface area contributed by atoms with Crippen LogP contribution in [0.3, 0.4) is 0 Å². The maximum absolute atomic E-state index is 6.25. The molecule has 0 radical (unpaired) electrons. The maximum Gasteiger partial charge on any atom is 0.0904 e. The van der Waals surface area contributed by atoms with Gasteiger partial charge in [0.1, 0.15) is 0 Å². The first-order valence-corrected chi connectivity index (χ1v) is 7.67. The third kappa shape index (κ3) is 2.99. The van der Waals surface area contributed by atoms with E-state index in [2.05, 4.69) is 9.98 Å². The SMILES string of the molecule is CC1=Nc2ccc(Cl)cc2N=C(C)/C1=C/c1ccccc1Cl. The number of allylic oxidation sites excluding steroid dienone is 1. The Kier molecular flexibility index (Phi) is 4.14. The van der Waals surface area contributed by atoms with E-state index in [1.807, 2.05) is 62.4 Å². The van der Waals surface area contributed by atoms with Gasteiger partial charge in [0.25, 0.3) is 0 Å². The number of benzene rings is 2. The molecule has 0 saturated heterocycles. The van der Waals surface area contributed by atoms with Gasteiger partial charge in [-0.1, -0.05) is 41.4 Å². The Hall–Kier alpha value is -1.90. The molecular formula is C18H14Cl2N2. The molecule has 0 spiro atoms. The van der Waals surface area contributed by atoms with Crippen molar-refractivity contribution in [3.05, 3.63) is 63.6 Å². The minimum Gasteiger partial charge on any atom is -0.251 e. The molecule has 0 amide bonds. The standard InChI is InChI=1S/C18H14Cl2N2/c1-11-15(9-13-5-3-4-6-16(13)20)12(2)22-18-10-14(19)7-8-17(18)21-11/h3-10H,1-2H3/b15-9+. The summed E-state index contributed by atoms with van der Waals surface area (Å²) >= 11 is 12.3. The van der Waals surface area contributed by atoms with Crippen molar-refractivity contribution in [1.82, 2.24) is 0 Å². The van der Waals surface area contributed by atoms with Gasteiger partial charge in [0, 0.05) is 27.0 Å². The van der Waals surface area contributed by atoms with Crippen molar-refractivity contribution >= 4 is 52.1 Å². The summed E-state index contributed by atoms with van der Waals surface area (Å²) < 4.78 is 0. The van der Waals surface area contributed by atoms with Crippen LogP contribution in [-0.4, -0.2) is 11.4 Å². The van der Waals surface area contributed by atoms with Gasteiger partial charge in [-0.15, -0.1) is 0 Å². The largest absolute Gasteiger partial charge is 0.251 e. The number of rotatable bonds is 1. The van der Waals surface area contributed by atoms with Crippen LogP contribution < -0.4 is 0 Å². The fraction of sp³-hybridized carbons (Fsp3) is 0.111. The zero-order valence-electron chi connectivity index (χ0n) is 12.3. The zero-order valence-corrected chi connectivity index (χ0v) is 13.8. The van der Waals surface area contributed by atoms with Crippen molar-refractivity contribution in [3.63, 3.8) is 0 Å². The lowest BCUT2D eigenvalue weighted by Crippen LogP contribution is -2.05. The molecule has 0 fully saturated rings. The zero-order chi connectivity index (χ0) is 15.7. The molecule has 0 N–H and O–H groups in total. The van der Waals surface area contributed by atoms with Gasteiger partial charge in [-0.3, -0.25) is 9.98 Å². The first kappa shape index (κ1) is 15.0. The van der Waals surface area contributed by atoms with E-state index in [0.717, 1.165) is 33.9 Å². The summed E-state index contributed by atoms with van der Waals surface area (Å²) in [5.41, 5.74) is 5.33. The summed E-state index contributed by atoms with van der Waals surface area (Å²) in [5.74, 6) is 0. The molecule has 22 heavy (non-hydrogen) atoms. The Balaban J connectivity index is 2.15. The van der Waals surface area contributed by atoms with Crippen molar-refractivity contribution in [3.8, 4) is 0 Å². The number of hydrogen-bond donors (Lipinski definition) is 0. The van der Waals surface area contributed by atoms with Crippen LogP contribution in [0.5, 0.6) is 0 Å². The highest BCUT2D eigenvalue weighted by Gasteiger charge is 2.14. The average Bonchev–Trinajstić information content (AvgIpc) is 2.59. The van der Waals surface area contributed by atoms with Gasteiger partial charge < -0.3 is 0 Å². The number of aliphatic imine (C=N–C) groups is 2. The summed E-state index contributed by atoms with van der Waals surface area (Å²) in [7, 11) is 0. The van der Waals surface area contributed by atoms with E-state index in [-0.39, 0.29) is 0 Å². The van der Waals surface area contributed by atoms with Gasteiger partial charge >= 0.3 is 0 Å². The van der Waals surface area contributed by atoms with Crippen LogP contribution in [0.15, 0.2) is 58.0 Å². The van der Waals surface area contributed by atoms with Crippen molar-refractivity contribution < 1.29 is 0 Å². The van der Waals surface area contributed by atoms with Crippen molar-refractivity contribution in [1.29, 1.82) is 0 Å². The summed E-state index contributed by atoms with van der Waals surface area (Å²) in [6.07, 6.45) is 2.02. The van der Waals surface area contributed by atoms with E-state index in [1.165, 1.54) is 0 Å². The lowest BCUT2D eigenvalue weighted by molar-refractivity contribution is 1.45. The van der Waals surface area contributed by atoms with E-state index in [0.29, 0.717) is 10.0 Å². The number of fused-ring (bicyclic) bond motifs is 1. The second-order valence-electron chi connectivity index (χ2n) is 5.11. The molecular weight excluding hydrogens is 315 g/mol. The Morgan fingerprint density at radius 2 is 1.55 bits per heavy atom. The third-order valence-electron chi connectivity index (χ3n) is 3.50. The summed E-state index contributed by atoms with van der Waals surface area (Å²) in [5, 5.41) is 1.36. The van der Waals surface area contributed by atoms with Crippen molar-refractivity contribution in [2.75, 3.05) is 0 Å². The molecule has 1 heterocycles. The van der Waals surface area contributed by atoms with Gasteiger partial charge in [-0.25, -0.2) is 0 Å². The molecule has 0 bridgehead atoms. The molecule has 110 valence electrons. The smallest absolute Gasteiger partial charge is 0.0904 e. The minimum absolute atomic E-state index is 0.654. The predicted octanol–water partition coefficient (Wildman–Crippen LogP) is 6.28. The highest BCUT2D eigenvalue weighted by atomic mass is 35.5. The first-order valence-electron chi connectivity index (χ1n) is 6.92. The van der Waals surface area contributed by atoms with Crippen LogP contribution >= 0.6 is 23.2 Å². The average molecular weight is 329 g/mol. The van der Waals surface area contributed by atoms with Crippen LogP contribution in [0, 0.1) is 0 Å². The molecule has 0 aliphatic carbocycles. The molecule has 4 heteroatoms. The molecule has 0 atom stereocenters. The molecule has 2 nitrogen and oxygen atoms in total. The normalized spacial score (nSPS) is 15.9. The maximum atomic E-state index is 6.25. The molecule has 0 saturated carbocycles. The van der Waals surface area contributed by atoms with E-state index in [1.54, 1.807) is 0 Å². The third-order valence-corrected chi connectivity index (χ3v) is 4.08. The second-order valence-corrected chi connectivity index (χ2v) is 5.95. The first-order chi connectivity index (χ1) is 10.5. The van der Waals surface area contributed by atoms with E-state index < -0.39 is 0 Å². The molecule has 1 aliphatic rings. The van der Waals surface area contributed by atoms with Crippen LogP contribution in [0.2, 0.25) is 10.0 Å². The summed E-state index contributed by atoms with van der Waals surface area (Å²) in [4.78, 5) is 9.33. The molecule has 1 aliphatic heterocycles. The van der Waals surface area contributed by atoms with Gasteiger partial charge in [0.2, 0.25) is 0 Å². The topological polar surface area (TPSA) is 24.7 Å². The molecule has 2 aromatic rings. The Morgan fingerprint density at radius 1 is 0.864 bits per heavy atom. The van der Waals surface area contributed by atoms with E-state index in [9.17, 15) is 0 Å². The van der Waals surface area contributed by atoms with Crippen LogP contribution in [0.1, 0.15) is 19.4 Å². The minimum atomic E-state index is 0.654. The number of hydrogen-bond acceptors (Lipinski definition) is 2. The fourth-order valence-electron chi connectivity index (χ4n) is 2.38. The van der Waals surface area contributed by atoms with Gasteiger partial charge in [0.05, 0.1) is 11.4 Å². The predicted molar refractivity (Wildman–Crippen MR) is 96.4 cm³/mol. The van der Waals surface area contributed by atoms with Gasteiger partial charge in [0.15, 0.2) is 0 Å².